The number of carbonyl (C=O) groups excluding carboxylic acids is 1. The van der Waals surface area contributed by atoms with Crippen LogP contribution in [0.25, 0.3) is 5.52 Å². The van der Waals surface area contributed by atoms with E-state index in [-0.39, 0.29) is 5.91 Å². The first-order chi connectivity index (χ1) is 12.3. The fourth-order valence-electron chi connectivity index (χ4n) is 3.30. The summed E-state index contributed by atoms with van der Waals surface area (Å²) in [5.41, 5.74) is 2.51. The van der Waals surface area contributed by atoms with Crippen molar-refractivity contribution in [2.75, 3.05) is 25.5 Å². The molecule has 0 aliphatic carbocycles. The Kier molecular flexibility index (Phi) is 4.01. The second kappa shape index (κ2) is 6.46. The van der Waals surface area contributed by atoms with Crippen molar-refractivity contribution < 1.29 is 4.79 Å². The summed E-state index contributed by atoms with van der Waals surface area (Å²) in [7, 11) is 1.86. The molecule has 1 aliphatic rings. The molecule has 1 N–H and O–H groups in total. The first kappa shape index (κ1) is 15.5. The molecule has 1 aliphatic heterocycles. The lowest BCUT2D eigenvalue weighted by atomic mass is 9.93. The van der Waals surface area contributed by atoms with Crippen LogP contribution in [0.3, 0.4) is 0 Å². The van der Waals surface area contributed by atoms with E-state index in [2.05, 4.69) is 20.4 Å². The second-order valence-electron chi connectivity index (χ2n) is 6.12. The molecule has 1 fully saturated rings. The van der Waals surface area contributed by atoms with E-state index in [4.69, 9.17) is 4.98 Å². The van der Waals surface area contributed by atoms with Gasteiger partial charge >= 0.3 is 0 Å². The highest BCUT2D eigenvalue weighted by molar-refractivity contribution is 5.93. The van der Waals surface area contributed by atoms with Crippen LogP contribution in [0.15, 0.2) is 37.2 Å². The summed E-state index contributed by atoms with van der Waals surface area (Å²) in [6, 6.07) is 1.94. The number of piperidine rings is 1. The molecule has 128 valence electrons. The predicted octanol–water partition coefficient (Wildman–Crippen LogP) is 1.58. The van der Waals surface area contributed by atoms with E-state index in [1.165, 1.54) is 6.33 Å². The number of carbonyl (C=O) groups is 1. The van der Waals surface area contributed by atoms with Crippen LogP contribution in [-0.4, -0.2) is 55.5 Å². The van der Waals surface area contributed by atoms with Crippen LogP contribution in [0.5, 0.6) is 0 Å². The molecule has 0 bridgehead atoms. The average Bonchev–Trinajstić information content (AvgIpc) is 3.16. The Morgan fingerprint density at radius 2 is 2.00 bits per heavy atom. The molecule has 8 nitrogen and oxygen atoms in total. The quantitative estimate of drug-likeness (QED) is 0.781. The van der Waals surface area contributed by atoms with E-state index in [0.717, 1.165) is 29.9 Å². The van der Waals surface area contributed by atoms with Crippen molar-refractivity contribution in [3.05, 3.63) is 48.4 Å². The van der Waals surface area contributed by atoms with Crippen LogP contribution in [-0.2, 0) is 0 Å². The fourth-order valence-corrected chi connectivity index (χ4v) is 3.30. The zero-order chi connectivity index (χ0) is 17.2. The lowest BCUT2D eigenvalue weighted by molar-refractivity contribution is 0.0711. The molecule has 0 saturated carbocycles. The van der Waals surface area contributed by atoms with Gasteiger partial charge in [0.1, 0.15) is 11.8 Å². The van der Waals surface area contributed by atoms with Gasteiger partial charge in [-0.05, 0) is 18.9 Å². The summed E-state index contributed by atoms with van der Waals surface area (Å²) in [5.74, 6) is 1.14. The lowest BCUT2D eigenvalue weighted by Gasteiger charge is -2.31. The molecule has 0 radical (unpaired) electrons. The number of fused-ring (bicyclic) bond motifs is 1. The summed E-state index contributed by atoms with van der Waals surface area (Å²) in [6.45, 7) is 1.40. The first-order valence-electron chi connectivity index (χ1n) is 8.32. The van der Waals surface area contributed by atoms with Crippen molar-refractivity contribution in [1.82, 2.24) is 29.5 Å². The first-order valence-corrected chi connectivity index (χ1v) is 8.32. The summed E-state index contributed by atoms with van der Waals surface area (Å²) < 4.78 is 1.85. The molecule has 3 aromatic rings. The minimum atomic E-state index is -0.00884. The third-order valence-corrected chi connectivity index (χ3v) is 4.65. The number of nitrogens with zero attached hydrogens (tertiary/aromatic N) is 6. The Balaban J connectivity index is 1.49. The molecule has 8 heteroatoms. The molecule has 25 heavy (non-hydrogen) atoms. The summed E-state index contributed by atoms with van der Waals surface area (Å²) in [5, 5.41) is 7.46. The van der Waals surface area contributed by atoms with Crippen LogP contribution in [0.4, 0.5) is 5.82 Å². The van der Waals surface area contributed by atoms with Gasteiger partial charge in [0.05, 0.1) is 23.7 Å². The normalized spacial score (nSPS) is 15.5. The molecule has 0 spiro atoms. The topological polar surface area (TPSA) is 88.3 Å². The maximum absolute atomic E-state index is 12.5. The van der Waals surface area contributed by atoms with Crippen molar-refractivity contribution in [1.29, 1.82) is 0 Å². The SMILES string of the molecule is CNc1nc(C2CCN(C(=O)c3cncnc3)CC2)cn2nccc12. The van der Waals surface area contributed by atoms with E-state index < -0.39 is 0 Å². The molecule has 0 aromatic carbocycles. The number of hydrogen-bond donors (Lipinski definition) is 1. The fraction of sp³-hybridized carbons (Fsp3) is 0.353. The van der Waals surface area contributed by atoms with Crippen LogP contribution < -0.4 is 5.32 Å². The smallest absolute Gasteiger partial charge is 0.256 e. The molecule has 0 unspecified atom stereocenters. The van der Waals surface area contributed by atoms with Crippen molar-refractivity contribution in [3.63, 3.8) is 0 Å². The van der Waals surface area contributed by atoms with Crippen molar-refractivity contribution in [3.8, 4) is 0 Å². The van der Waals surface area contributed by atoms with E-state index in [9.17, 15) is 4.79 Å². The van der Waals surface area contributed by atoms with Crippen LogP contribution >= 0.6 is 0 Å². The molecule has 3 aromatic heterocycles. The molecular weight excluding hydrogens is 318 g/mol. The van der Waals surface area contributed by atoms with Gasteiger partial charge in [-0.2, -0.15) is 5.10 Å². The van der Waals surface area contributed by atoms with E-state index >= 15 is 0 Å². The maximum Gasteiger partial charge on any atom is 0.256 e. The number of hydrogen-bond acceptors (Lipinski definition) is 6. The number of nitrogens with one attached hydrogen (secondary N) is 1. The summed E-state index contributed by atoms with van der Waals surface area (Å²) >= 11 is 0. The number of likely N-dealkylation sites (tertiary alicyclic amines) is 1. The van der Waals surface area contributed by atoms with Crippen molar-refractivity contribution in [2.45, 2.75) is 18.8 Å². The third kappa shape index (κ3) is 2.90. The average molecular weight is 337 g/mol. The number of amides is 1. The molecule has 1 saturated heterocycles. The summed E-state index contributed by atoms with van der Waals surface area (Å²) in [4.78, 5) is 26.9. The van der Waals surface area contributed by atoms with Crippen LogP contribution in [0.1, 0.15) is 34.8 Å². The highest BCUT2D eigenvalue weighted by Gasteiger charge is 2.26. The van der Waals surface area contributed by atoms with Crippen molar-refractivity contribution in [2.24, 2.45) is 0 Å². The second-order valence-corrected chi connectivity index (χ2v) is 6.12. The van der Waals surface area contributed by atoms with Crippen LogP contribution in [0.2, 0.25) is 0 Å². The molecule has 0 atom stereocenters. The minimum Gasteiger partial charge on any atom is -0.371 e. The summed E-state index contributed by atoms with van der Waals surface area (Å²) in [6.07, 6.45) is 10.1. The lowest BCUT2D eigenvalue weighted by Crippen LogP contribution is -2.38. The molecule has 4 rings (SSSR count). The zero-order valence-corrected chi connectivity index (χ0v) is 14.0. The highest BCUT2D eigenvalue weighted by atomic mass is 16.2. The van der Waals surface area contributed by atoms with Gasteiger partial charge in [0, 0.05) is 38.4 Å². The van der Waals surface area contributed by atoms with Gasteiger partial charge in [0.25, 0.3) is 5.91 Å². The monoisotopic (exact) mass is 337 g/mol. The number of aromatic nitrogens is 5. The standard InChI is InChI=1S/C17H19N7O/c1-18-16-15-2-5-21-24(15)10-14(22-16)12-3-6-23(7-4-12)17(25)13-8-19-11-20-9-13/h2,5,8-12H,3-4,6-7H2,1H3,(H,18,22). The van der Waals surface area contributed by atoms with Gasteiger partial charge in [-0.25, -0.2) is 19.5 Å². The van der Waals surface area contributed by atoms with Gasteiger partial charge < -0.3 is 10.2 Å². The Morgan fingerprint density at radius 3 is 2.72 bits per heavy atom. The van der Waals surface area contributed by atoms with Gasteiger partial charge in [0.15, 0.2) is 5.82 Å². The molecular formula is C17H19N7O. The molecule has 4 heterocycles. The number of rotatable bonds is 3. The van der Waals surface area contributed by atoms with Gasteiger partial charge in [-0.3, -0.25) is 4.79 Å². The predicted molar refractivity (Wildman–Crippen MR) is 92.4 cm³/mol. The number of anilines is 1. The van der Waals surface area contributed by atoms with E-state index in [1.54, 1.807) is 18.6 Å². The Morgan fingerprint density at radius 1 is 1.24 bits per heavy atom. The van der Waals surface area contributed by atoms with Gasteiger partial charge in [0.2, 0.25) is 0 Å². The van der Waals surface area contributed by atoms with E-state index in [0.29, 0.717) is 24.6 Å². The minimum absolute atomic E-state index is 0.00884. The Labute approximate surface area is 144 Å². The van der Waals surface area contributed by atoms with Crippen molar-refractivity contribution >= 4 is 17.2 Å². The largest absolute Gasteiger partial charge is 0.371 e. The maximum atomic E-state index is 12.5. The highest BCUT2D eigenvalue weighted by Crippen LogP contribution is 2.29. The Bertz CT molecular complexity index is 884. The molecule has 1 amide bonds. The van der Waals surface area contributed by atoms with Crippen LogP contribution in [0, 0.1) is 0 Å². The van der Waals surface area contributed by atoms with E-state index in [1.807, 2.05) is 28.7 Å². The zero-order valence-electron chi connectivity index (χ0n) is 14.0. The van der Waals surface area contributed by atoms with Gasteiger partial charge in [-0.1, -0.05) is 0 Å². The Hall–Kier alpha value is -3.03. The van der Waals surface area contributed by atoms with Gasteiger partial charge in [-0.15, -0.1) is 0 Å². The third-order valence-electron chi connectivity index (χ3n) is 4.65.